The molecule has 0 aliphatic rings. The molecule has 0 aliphatic carbocycles. The van der Waals surface area contributed by atoms with Gasteiger partial charge in [-0.1, -0.05) is 24.9 Å². The van der Waals surface area contributed by atoms with Gasteiger partial charge in [-0.25, -0.2) is 0 Å². The van der Waals surface area contributed by atoms with E-state index in [0.29, 0.717) is 6.54 Å². The fourth-order valence-electron chi connectivity index (χ4n) is 2.33. The summed E-state index contributed by atoms with van der Waals surface area (Å²) in [7, 11) is 0. The van der Waals surface area contributed by atoms with Gasteiger partial charge in [0.05, 0.1) is 16.2 Å². The Morgan fingerprint density at radius 2 is 2.16 bits per heavy atom. The van der Waals surface area contributed by atoms with Crippen molar-refractivity contribution in [1.29, 1.82) is 0 Å². The first-order valence-corrected chi connectivity index (χ1v) is 6.99. The van der Waals surface area contributed by atoms with Crippen LogP contribution < -0.4 is 11.1 Å². The van der Waals surface area contributed by atoms with Gasteiger partial charge in [-0.15, -0.1) is 0 Å². The van der Waals surface area contributed by atoms with Gasteiger partial charge < -0.3 is 11.1 Å². The molecule has 0 bridgehead atoms. The number of pyridine rings is 1. The number of aromatic nitrogens is 1. The van der Waals surface area contributed by atoms with Crippen LogP contribution in [0.15, 0.2) is 30.5 Å². The van der Waals surface area contributed by atoms with Crippen LogP contribution in [-0.4, -0.2) is 17.1 Å². The first-order valence-electron chi connectivity index (χ1n) is 6.61. The summed E-state index contributed by atoms with van der Waals surface area (Å²) in [5, 5.41) is 5.21. The summed E-state index contributed by atoms with van der Waals surface area (Å²) in [4.78, 5) is 4.43. The largest absolute Gasteiger partial charge is 0.377 e. The van der Waals surface area contributed by atoms with E-state index in [-0.39, 0.29) is 5.54 Å². The zero-order chi connectivity index (χ0) is 13.9. The molecule has 0 radical (unpaired) electrons. The van der Waals surface area contributed by atoms with Crippen LogP contribution in [-0.2, 0) is 0 Å². The SMILES string of the molecule is CCCC(C)(CN)Nc1ccc(Cl)c2cccnc12. The summed E-state index contributed by atoms with van der Waals surface area (Å²) in [6.45, 7) is 4.88. The molecule has 0 amide bonds. The number of hydrogen-bond acceptors (Lipinski definition) is 3. The predicted molar refractivity (Wildman–Crippen MR) is 82.7 cm³/mol. The molecule has 19 heavy (non-hydrogen) atoms. The Bertz CT molecular complexity index is 570. The van der Waals surface area contributed by atoms with Crippen molar-refractivity contribution < 1.29 is 0 Å². The molecule has 2 rings (SSSR count). The quantitative estimate of drug-likeness (QED) is 0.874. The van der Waals surface area contributed by atoms with Crippen molar-refractivity contribution in [3.05, 3.63) is 35.5 Å². The van der Waals surface area contributed by atoms with E-state index in [4.69, 9.17) is 17.3 Å². The molecular formula is C15H20ClN3. The summed E-state index contributed by atoms with van der Waals surface area (Å²) in [5.41, 5.74) is 7.67. The fourth-order valence-corrected chi connectivity index (χ4v) is 2.55. The van der Waals surface area contributed by atoms with Crippen LogP contribution in [0.1, 0.15) is 26.7 Å². The minimum Gasteiger partial charge on any atom is -0.377 e. The van der Waals surface area contributed by atoms with Crippen LogP contribution >= 0.6 is 11.6 Å². The Kier molecular flexibility index (Phi) is 4.27. The van der Waals surface area contributed by atoms with Gasteiger partial charge >= 0.3 is 0 Å². The van der Waals surface area contributed by atoms with Crippen molar-refractivity contribution in [2.24, 2.45) is 5.73 Å². The maximum Gasteiger partial charge on any atom is 0.0948 e. The Morgan fingerprint density at radius 3 is 2.84 bits per heavy atom. The summed E-state index contributed by atoms with van der Waals surface area (Å²) in [6, 6.07) is 7.75. The highest BCUT2D eigenvalue weighted by Crippen LogP contribution is 2.30. The van der Waals surface area contributed by atoms with Crippen molar-refractivity contribution in [1.82, 2.24) is 4.98 Å². The first kappa shape index (κ1) is 14.1. The average Bonchev–Trinajstić information content (AvgIpc) is 2.43. The van der Waals surface area contributed by atoms with Gasteiger partial charge in [-0.3, -0.25) is 4.98 Å². The molecule has 1 atom stereocenters. The smallest absolute Gasteiger partial charge is 0.0948 e. The van der Waals surface area contributed by atoms with Gasteiger partial charge in [0.25, 0.3) is 0 Å². The van der Waals surface area contributed by atoms with Gasteiger partial charge in [0.2, 0.25) is 0 Å². The zero-order valence-corrected chi connectivity index (χ0v) is 12.2. The van der Waals surface area contributed by atoms with Crippen LogP contribution in [0.2, 0.25) is 5.02 Å². The molecule has 1 aromatic carbocycles. The van der Waals surface area contributed by atoms with Crippen LogP contribution in [0.5, 0.6) is 0 Å². The van der Waals surface area contributed by atoms with E-state index in [0.717, 1.165) is 34.5 Å². The van der Waals surface area contributed by atoms with Crippen LogP contribution in [0.25, 0.3) is 10.9 Å². The number of halogens is 1. The molecule has 0 aliphatic heterocycles. The van der Waals surface area contributed by atoms with E-state index in [1.165, 1.54) is 0 Å². The van der Waals surface area contributed by atoms with E-state index in [2.05, 4.69) is 24.1 Å². The molecule has 102 valence electrons. The third kappa shape index (κ3) is 2.99. The molecule has 0 fully saturated rings. The highest BCUT2D eigenvalue weighted by Gasteiger charge is 2.22. The maximum atomic E-state index is 6.20. The van der Waals surface area contributed by atoms with Crippen LogP contribution in [0.4, 0.5) is 5.69 Å². The lowest BCUT2D eigenvalue weighted by Gasteiger charge is -2.30. The van der Waals surface area contributed by atoms with Crippen molar-refractivity contribution in [2.75, 3.05) is 11.9 Å². The minimum absolute atomic E-state index is 0.118. The number of anilines is 1. The molecule has 1 heterocycles. The Morgan fingerprint density at radius 1 is 1.37 bits per heavy atom. The molecular weight excluding hydrogens is 258 g/mol. The monoisotopic (exact) mass is 277 g/mol. The second-order valence-corrected chi connectivity index (χ2v) is 5.54. The Labute approximate surface area is 119 Å². The zero-order valence-electron chi connectivity index (χ0n) is 11.4. The third-order valence-electron chi connectivity index (χ3n) is 3.41. The second kappa shape index (κ2) is 5.76. The number of nitrogens with zero attached hydrogens (tertiary/aromatic N) is 1. The van der Waals surface area contributed by atoms with Crippen molar-refractivity contribution in [3.63, 3.8) is 0 Å². The summed E-state index contributed by atoms with van der Waals surface area (Å²) < 4.78 is 0. The average molecular weight is 278 g/mol. The topological polar surface area (TPSA) is 50.9 Å². The van der Waals surface area contributed by atoms with Crippen molar-refractivity contribution >= 4 is 28.2 Å². The maximum absolute atomic E-state index is 6.20. The summed E-state index contributed by atoms with van der Waals surface area (Å²) in [6.07, 6.45) is 3.88. The minimum atomic E-state index is -0.118. The molecule has 0 saturated carbocycles. The molecule has 1 unspecified atom stereocenters. The van der Waals surface area contributed by atoms with E-state index in [1.54, 1.807) is 6.20 Å². The van der Waals surface area contributed by atoms with E-state index in [9.17, 15) is 0 Å². The Balaban J connectivity index is 2.43. The molecule has 4 heteroatoms. The number of benzene rings is 1. The summed E-state index contributed by atoms with van der Waals surface area (Å²) in [5.74, 6) is 0. The fraction of sp³-hybridized carbons (Fsp3) is 0.400. The molecule has 0 saturated heterocycles. The number of nitrogens with one attached hydrogen (secondary N) is 1. The van der Waals surface area contributed by atoms with E-state index in [1.807, 2.05) is 24.3 Å². The van der Waals surface area contributed by atoms with Crippen molar-refractivity contribution in [2.45, 2.75) is 32.2 Å². The first-order chi connectivity index (χ1) is 9.09. The normalized spacial score (nSPS) is 14.3. The highest BCUT2D eigenvalue weighted by atomic mass is 35.5. The lowest BCUT2D eigenvalue weighted by atomic mass is 9.95. The standard InChI is InChI=1S/C15H20ClN3/c1-3-8-15(2,10-17)19-13-7-6-12(16)11-5-4-9-18-14(11)13/h4-7,9,19H,3,8,10,17H2,1-2H3. The Hall–Kier alpha value is -1.32. The van der Waals surface area contributed by atoms with E-state index >= 15 is 0 Å². The van der Waals surface area contributed by atoms with Gasteiger partial charge in [0.1, 0.15) is 0 Å². The van der Waals surface area contributed by atoms with Gasteiger partial charge in [-0.05, 0) is 37.6 Å². The molecule has 2 aromatic rings. The molecule has 3 nitrogen and oxygen atoms in total. The van der Waals surface area contributed by atoms with Gasteiger partial charge in [-0.2, -0.15) is 0 Å². The number of hydrogen-bond donors (Lipinski definition) is 2. The molecule has 1 aromatic heterocycles. The number of rotatable bonds is 5. The number of nitrogens with two attached hydrogens (primary N) is 1. The third-order valence-corrected chi connectivity index (χ3v) is 3.73. The van der Waals surface area contributed by atoms with E-state index < -0.39 is 0 Å². The highest BCUT2D eigenvalue weighted by molar-refractivity contribution is 6.35. The molecule has 3 N–H and O–H groups in total. The molecule has 0 spiro atoms. The van der Waals surface area contributed by atoms with Gasteiger partial charge in [0.15, 0.2) is 0 Å². The predicted octanol–water partition coefficient (Wildman–Crippen LogP) is 3.82. The number of fused-ring (bicyclic) bond motifs is 1. The summed E-state index contributed by atoms with van der Waals surface area (Å²) >= 11 is 6.20. The van der Waals surface area contributed by atoms with Crippen molar-refractivity contribution in [3.8, 4) is 0 Å². The lowest BCUT2D eigenvalue weighted by molar-refractivity contribution is 0.477. The van der Waals surface area contributed by atoms with Gasteiger partial charge in [0, 0.05) is 23.7 Å². The van der Waals surface area contributed by atoms with Crippen LogP contribution in [0.3, 0.4) is 0 Å². The lowest BCUT2D eigenvalue weighted by Crippen LogP contribution is -2.42. The van der Waals surface area contributed by atoms with Crippen LogP contribution in [0, 0.1) is 0 Å². The second-order valence-electron chi connectivity index (χ2n) is 5.13.